The molecule has 71 heavy (non-hydrogen) atoms. The van der Waals surface area contributed by atoms with Crippen molar-refractivity contribution in [1.29, 1.82) is 0 Å². The maximum Gasteiger partial charge on any atom is 0.417 e. The Hall–Kier alpha value is -6.98. The van der Waals surface area contributed by atoms with Crippen LogP contribution in [-0.4, -0.2) is 26.5 Å². The van der Waals surface area contributed by atoms with Crippen molar-refractivity contribution >= 4 is 91.6 Å². The van der Waals surface area contributed by atoms with Crippen LogP contribution >= 0.6 is 23.2 Å². The number of primary amides is 1. The van der Waals surface area contributed by atoms with Gasteiger partial charge in [0.1, 0.15) is 0 Å². The van der Waals surface area contributed by atoms with E-state index in [2.05, 4.69) is 50.3 Å². The standard InChI is InChI=1S/C30H28ClNO3S.C29H23ClF3NO/c1-4-27(28-15-14-26(31)17-20(28)2)30(25-18-23-7-5-6-8-24(23)19-25)22-12-9-21(10-13-22)11-16-29(33)32-36(3,34)35;1-2-24(25-13-12-23(30)17-26(25)29(31,32)33)28(22-15-20-5-3-4-6-21(20)16-22)19-10-7-18(8-11-19)9-14-27(34)35/h5-18H,4,19H2,1-3H3,(H,32,33);3-15,17H,2,16H2,1H3,(H2,34,35)/b16-11+,30-27+;14-9+,28-24+. The van der Waals surface area contributed by atoms with Crippen molar-refractivity contribution in [1.82, 2.24) is 4.72 Å². The Morgan fingerprint density at radius 3 is 1.54 bits per heavy atom. The van der Waals surface area contributed by atoms with E-state index in [1.807, 2.05) is 103 Å². The first-order chi connectivity index (χ1) is 33.8. The van der Waals surface area contributed by atoms with Gasteiger partial charge in [0.25, 0.3) is 5.91 Å². The van der Waals surface area contributed by atoms with E-state index in [1.165, 1.54) is 57.7 Å². The Morgan fingerprint density at radius 2 is 1.10 bits per heavy atom. The number of fused-ring (bicyclic) bond motifs is 2. The second-order valence-corrected chi connectivity index (χ2v) is 19.8. The average Bonchev–Trinajstić information content (AvgIpc) is 3.96. The largest absolute Gasteiger partial charge is 0.417 e. The number of benzene rings is 6. The van der Waals surface area contributed by atoms with Gasteiger partial charge in [-0.3, -0.25) is 9.59 Å². The number of sulfonamides is 1. The van der Waals surface area contributed by atoms with Gasteiger partial charge in [-0.1, -0.05) is 158 Å². The monoisotopic (exact) mass is 1010 g/mol. The minimum atomic E-state index is -4.55. The lowest BCUT2D eigenvalue weighted by Gasteiger charge is -2.21. The highest BCUT2D eigenvalue weighted by Crippen LogP contribution is 2.45. The van der Waals surface area contributed by atoms with E-state index in [1.54, 1.807) is 12.2 Å². The third kappa shape index (κ3) is 13.1. The molecule has 12 heteroatoms. The molecular weight excluding hydrogens is 961 g/mol. The number of alkyl halides is 3. The summed E-state index contributed by atoms with van der Waals surface area (Å²) in [6, 6.07) is 41.7. The van der Waals surface area contributed by atoms with Crippen LogP contribution in [0.1, 0.15) is 93.5 Å². The molecule has 0 fully saturated rings. The molecule has 8 rings (SSSR count). The zero-order valence-corrected chi connectivity index (χ0v) is 41.8. The van der Waals surface area contributed by atoms with Crippen molar-refractivity contribution in [3.8, 4) is 0 Å². The number of carbonyl (C=O) groups excluding carboxylic acids is 2. The molecule has 2 amide bonds. The Bertz CT molecular complexity index is 3330. The van der Waals surface area contributed by atoms with Crippen LogP contribution < -0.4 is 10.5 Å². The summed E-state index contributed by atoms with van der Waals surface area (Å²) in [7, 11) is -3.59. The molecule has 2 aliphatic rings. The van der Waals surface area contributed by atoms with Crippen molar-refractivity contribution in [2.24, 2.45) is 5.73 Å². The summed E-state index contributed by atoms with van der Waals surface area (Å²) < 4.78 is 66.6. The Balaban J connectivity index is 0.000000209. The smallest absolute Gasteiger partial charge is 0.366 e. The topological polar surface area (TPSA) is 106 Å². The lowest BCUT2D eigenvalue weighted by atomic mass is 9.85. The average molecular weight is 1010 g/mol. The molecule has 2 aliphatic carbocycles. The van der Waals surface area contributed by atoms with Crippen molar-refractivity contribution in [2.75, 3.05) is 6.26 Å². The normalized spacial score (nSPS) is 13.9. The number of hydrogen-bond donors (Lipinski definition) is 2. The van der Waals surface area contributed by atoms with Gasteiger partial charge < -0.3 is 5.73 Å². The van der Waals surface area contributed by atoms with Crippen LogP contribution in [0.4, 0.5) is 13.2 Å². The number of nitrogens with two attached hydrogens (primary N) is 1. The van der Waals surface area contributed by atoms with Crippen molar-refractivity contribution in [3.63, 3.8) is 0 Å². The number of aryl methyl sites for hydroxylation is 1. The first-order valence-electron chi connectivity index (χ1n) is 22.9. The molecule has 0 saturated carbocycles. The molecular formula is C59H51Cl2F3N2O4S. The number of nitrogens with one attached hydrogen (secondary N) is 1. The molecule has 0 unspecified atom stereocenters. The second-order valence-electron chi connectivity index (χ2n) is 17.2. The fourth-order valence-electron chi connectivity index (χ4n) is 9.06. The fraction of sp³-hybridized carbons (Fsp3) is 0.153. The summed E-state index contributed by atoms with van der Waals surface area (Å²) >= 11 is 12.2. The number of rotatable bonds is 13. The van der Waals surface area contributed by atoms with Crippen molar-refractivity contribution in [2.45, 2.75) is 52.6 Å². The SMILES string of the molecule is CC/C(=C(\C1=Cc2ccccc2C1)c1ccc(/C=C/C(=O)NS(C)(=O)=O)cc1)c1ccc(Cl)cc1C.CC/C(=C(\C1=Cc2ccccc2C1)c1ccc(/C=C/C(N)=O)cc1)c1ccc(Cl)cc1C(F)(F)F. The molecule has 6 nitrogen and oxygen atoms in total. The first-order valence-corrected chi connectivity index (χ1v) is 25.5. The van der Waals surface area contributed by atoms with E-state index in [4.69, 9.17) is 28.9 Å². The van der Waals surface area contributed by atoms with Gasteiger partial charge >= 0.3 is 6.18 Å². The van der Waals surface area contributed by atoms with Crippen molar-refractivity contribution < 1.29 is 31.2 Å². The van der Waals surface area contributed by atoms with Gasteiger partial charge in [-0.05, 0) is 164 Å². The molecule has 0 atom stereocenters. The molecule has 0 aliphatic heterocycles. The first kappa shape index (κ1) is 51.9. The molecule has 0 radical (unpaired) electrons. The van der Waals surface area contributed by atoms with Gasteiger partial charge in [-0.25, -0.2) is 13.1 Å². The van der Waals surface area contributed by atoms with Crippen LogP contribution in [0.25, 0.3) is 46.6 Å². The molecule has 0 heterocycles. The number of amides is 2. The maximum atomic E-state index is 14.0. The van der Waals surface area contributed by atoms with E-state index in [9.17, 15) is 31.2 Å². The number of hydrogen-bond acceptors (Lipinski definition) is 4. The van der Waals surface area contributed by atoms with Crippen LogP contribution in [0.2, 0.25) is 10.0 Å². The van der Waals surface area contributed by atoms with E-state index in [0.29, 0.717) is 18.4 Å². The third-order valence-corrected chi connectivity index (χ3v) is 13.2. The van der Waals surface area contributed by atoms with Gasteiger partial charge in [0, 0.05) is 22.2 Å². The molecule has 6 aromatic rings. The van der Waals surface area contributed by atoms with Crippen molar-refractivity contribution in [3.05, 3.63) is 234 Å². The third-order valence-electron chi connectivity index (χ3n) is 12.2. The van der Waals surface area contributed by atoms with Crippen LogP contribution in [0.3, 0.4) is 0 Å². The van der Waals surface area contributed by atoms with Gasteiger partial charge in [-0.2, -0.15) is 13.2 Å². The van der Waals surface area contributed by atoms with Crippen LogP contribution in [0, 0.1) is 6.92 Å². The maximum absolute atomic E-state index is 14.0. The summed E-state index contributed by atoms with van der Waals surface area (Å²) in [5.41, 5.74) is 21.0. The summed E-state index contributed by atoms with van der Waals surface area (Å²) in [4.78, 5) is 22.9. The summed E-state index contributed by atoms with van der Waals surface area (Å²) in [6.45, 7) is 6.11. The van der Waals surface area contributed by atoms with E-state index in [-0.39, 0.29) is 10.6 Å². The molecule has 362 valence electrons. The Morgan fingerprint density at radius 1 is 0.648 bits per heavy atom. The zero-order chi connectivity index (χ0) is 51.0. The number of allylic oxidation sites excluding steroid dienone is 6. The van der Waals surface area contributed by atoms with Gasteiger partial charge in [0.2, 0.25) is 15.9 Å². The lowest BCUT2D eigenvalue weighted by molar-refractivity contribution is -0.137. The highest BCUT2D eigenvalue weighted by molar-refractivity contribution is 7.89. The molecule has 0 spiro atoms. The predicted molar refractivity (Wildman–Crippen MR) is 286 cm³/mol. The predicted octanol–water partition coefficient (Wildman–Crippen LogP) is 14.5. The van der Waals surface area contributed by atoms with E-state index >= 15 is 0 Å². The minimum Gasteiger partial charge on any atom is -0.366 e. The molecule has 6 aromatic carbocycles. The van der Waals surface area contributed by atoms with Gasteiger partial charge in [0.05, 0.1) is 11.8 Å². The highest BCUT2D eigenvalue weighted by Gasteiger charge is 2.35. The molecule has 0 bridgehead atoms. The molecule has 0 saturated heterocycles. The van der Waals surface area contributed by atoms with Crippen LogP contribution in [-0.2, 0) is 38.6 Å². The summed E-state index contributed by atoms with van der Waals surface area (Å²) in [6.07, 6.45) is 9.11. The van der Waals surface area contributed by atoms with E-state index in [0.717, 1.165) is 80.3 Å². The molecule has 3 N–H and O–H groups in total. The van der Waals surface area contributed by atoms with Gasteiger partial charge in [0.15, 0.2) is 0 Å². The van der Waals surface area contributed by atoms with Crippen LogP contribution in [0.15, 0.2) is 157 Å². The minimum absolute atomic E-state index is 0.0381. The Labute approximate surface area is 423 Å². The number of carbonyl (C=O) groups is 2. The quantitative estimate of drug-likeness (QED) is 0.0888. The highest BCUT2D eigenvalue weighted by atomic mass is 35.5. The Kier molecular flexibility index (Phi) is 16.4. The zero-order valence-electron chi connectivity index (χ0n) is 39.5. The van der Waals surface area contributed by atoms with Crippen LogP contribution in [0.5, 0.6) is 0 Å². The number of halogens is 5. The molecule has 0 aromatic heterocycles. The second kappa shape index (κ2) is 22.4. The summed E-state index contributed by atoms with van der Waals surface area (Å²) in [5.74, 6) is -1.23. The van der Waals surface area contributed by atoms with Gasteiger partial charge in [-0.15, -0.1) is 0 Å². The lowest BCUT2D eigenvalue weighted by Crippen LogP contribution is -2.27. The van der Waals surface area contributed by atoms with E-state index < -0.39 is 33.6 Å². The summed E-state index contributed by atoms with van der Waals surface area (Å²) in [5, 5.41) is 0.757. The fourth-order valence-corrected chi connectivity index (χ4v) is 9.89.